The fourth-order valence-electron chi connectivity index (χ4n) is 2.00. The van der Waals surface area contributed by atoms with Crippen LogP contribution in [0.2, 0.25) is 0 Å². The summed E-state index contributed by atoms with van der Waals surface area (Å²) in [5, 5.41) is 15.9. The topological polar surface area (TPSA) is 101 Å². The second-order valence-corrected chi connectivity index (χ2v) is 5.91. The molecule has 0 heterocycles. The maximum absolute atomic E-state index is 12.0. The number of nitro groups is 1. The molecular formula is C16H14BrN3O4. The third kappa shape index (κ3) is 4.63. The van der Waals surface area contributed by atoms with Gasteiger partial charge in [0.2, 0.25) is 5.91 Å². The molecule has 2 N–H and O–H groups in total. The summed E-state index contributed by atoms with van der Waals surface area (Å²) in [4.78, 5) is 34.1. The van der Waals surface area contributed by atoms with Crippen LogP contribution in [0, 0.1) is 17.0 Å². The predicted molar refractivity (Wildman–Crippen MR) is 92.9 cm³/mol. The van der Waals surface area contributed by atoms with Gasteiger partial charge in [-0.3, -0.25) is 19.7 Å². The number of benzene rings is 2. The molecule has 0 fully saturated rings. The van der Waals surface area contributed by atoms with Crippen molar-refractivity contribution < 1.29 is 14.5 Å². The van der Waals surface area contributed by atoms with E-state index in [9.17, 15) is 19.7 Å². The predicted octanol–water partition coefficient (Wildman–Crippen LogP) is 3.03. The van der Waals surface area contributed by atoms with E-state index in [1.165, 1.54) is 18.2 Å². The van der Waals surface area contributed by atoms with Crippen molar-refractivity contribution in [2.24, 2.45) is 0 Å². The van der Waals surface area contributed by atoms with Crippen molar-refractivity contribution >= 4 is 39.1 Å². The van der Waals surface area contributed by atoms with Crippen LogP contribution in [0.5, 0.6) is 0 Å². The standard InChI is InChI=1S/C16H14BrN3O4/c1-10-8-11(2-7-14(10)20(23)24)16(22)18-9-15(21)19-13-5-3-12(17)4-6-13/h2-8H,9H2,1H3,(H,18,22)(H,19,21). The summed E-state index contributed by atoms with van der Waals surface area (Å²) in [6.07, 6.45) is 0. The molecule has 0 aromatic heterocycles. The lowest BCUT2D eigenvalue weighted by atomic mass is 10.1. The van der Waals surface area contributed by atoms with E-state index in [1.807, 2.05) is 0 Å². The van der Waals surface area contributed by atoms with E-state index in [4.69, 9.17) is 0 Å². The molecule has 2 rings (SSSR count). The number of amides is 2. The van der Waals surface area contributed by atoms with E-state index in [0.29, 0.717) is 11.3 Å². The van der Waals surface area contributed by atoms with Gasteiger partial charge in [-0.2, -0.15) is 0 Å². The summed E-state index contributed by atoms with van der Waals surface area (Å²) in [6, 6.07) is 11.1. The van der Waals surface area contributed by atoms with E-state index in [1.54, 1.807) is 31.2 Å². The molecule has 0 bridgehead atoms. The number of carbonyl (C=O) groups excluding carboxylic acids is 2. The molecule has 0 radical (unpaired) electrons. The van der Waals surface area contributed by atoms with Crippen LogP contribution >= 0.6 is 15.9 Å². The van der Waals surface area contributed by atoms with E-state index >= 15 is 0 Å². The maximum atomic E-state index is 12.0. The normalized spacial score (nSPS) is 10.1. The van der Waals surface area contributed by atoms with E-state index < -0.39 is 10.8 Å². The molecule has 2 amide bonds. The van der Waals surface area contributed by atoms with Crippen molar-refractivity contribution in [1.82, 2.24) is 5.32 Å². The molecule has 0 spiro atoms. The van der Waals surface area contributed by atoms with Crippen LogP contribution in [0.1, 0.15) is 15.9 Å². The average molecular weight is 392 g/mol. The SMILES string of the molecule is Cc1cc(C(=O)NCC(=O)Nc2ccc(Br)cc2)ccc1[N+](=O)[O-]. The minimum atomic E-state index is -0.511. The number of rotatable bonds is 5. The maximum Gasteiger partial charge on any atom is 0.272 e. The quantitative estimate of drug-likeness (QED) is 0.603. The molecule has 0 saturated carbocycles. The number of nitrogens with zero attached hydrogens (tertiary/aromatic N) is 1. The van der Waals surface area contributed by atoms with Gasteiger partial charge < -0.3 is 10.6 Å². The van der Waals surface area contributed by atoms with Crippen LogP contribution in [-0.2, 0) is 4.79 Å². The number of carbonyl (C=O) groups is 2. The molecule has 7 nitrogen and oxygen atoms in total. The average Bonchev–Trinajstić information content (AvgIpc) is 2.54. The highest BCUT2D eigenvalue weighted by molar-refractivity contribution is 9.10. The van der Waals surface area contributed by atoms with Gasteiger partial charge in [-0.25, -0.2) is 0 Å². The first-order valence-electron chi connectivity index (χ1n) is 6.95. The van der Waals surface area contributed by atoms with Crippen LogP contribution in [0.15, 0.2) is 46.9 Å². The van der Waals surface area contributed by atoms with Crippen molar-refractivity contribution in [3.05, 3.63) is 68.2 Å². The molecule has 0 unspecified atom stereocenters. The fourth-order valence-corrected chi connectivity index (χ4v) is 2.27. The third-order valence-corrected chi connectivity index (χ3v) is 3.72. The van der Waals surface area contributed by atoms with Crippen LogP contribution in [0.4, 0.5) is 11.4 Å². The van der Waals surface area contributed by atoms with Gasteiger partial charge in [-0.15, -0.1) is 0 Å². The molecule has 8 heteroatoms. The first-order valence-corrected chi connectivity index (χ1v) is 7.75. The van der Waals surface area contributed by atoms with Crippen LogP contribution in [0.25, 0.3) is 0 Å². The van der Waals surface area contributed by atoms with Crippen molar-refractivity contribution in [3.63, 3.8) is 0 Å². The zero-order valence-corrected chi connectivity index (χ0v) is 14.3. The zero-order chi connectivity index (χ0) is 17.7. The van der Waals surface area contributed by atoms with Gasteiger partial charge in [-0.1, -0.05) is 15.9 Å². The molecule has 0 aliphatic carbocycles. The number of aryl methyl sites for hydroxylation is 1. The summed E-state index contributed by atoms with van der Waals surface area (Å²) >= 11 is 3.30. The Morgan fingerprint density at radius 1 is 1.17 bits per heavy atom. The van der Waals surface area contributed by atoms with Crippen LogP contribution < -0.4 is 10.6 Å². The summed E-state index contributed by atoms with van der Waals surface area (Å²) in [5.41, 5.74) is 1.20. The van der Waals surface area contributed by atoms with Gasteiger partial charge in [0.1, 0.15) is 0 Å². The molecular weight excluding hydrogens is 378 g/mol. The highest BCUT2D eigenvalue weighted by Gasteiger charge is 2.14. The first kappa shape index (κ1) is 17.6. The third-order valence-electron chi connectivity index (χ3n) is 3.19. The smallest absolute Gasteiger partial charge is 0.272 e. The number of nitrogens with one attached hydrogen (secondary N) is 2. The van der Waals surface area contributed by atoms with Gasteiger partial charge >= 0.3 is 0 Å². The second-order valence-electron chi connectivity index (χ2n) is 5.00. The van der Waals surface area contributed by atoms with Crippen molar-refractivity contribution in [2.75, 3.05) is 11.9 Å². The Labute approximate surface area is 146 Å². The molecule has 0 aliphatic rings. The molecule has 2 aromatic carbocycles. The van der Waals surface area contributed by atoms with Gasteiger partial charge in [-0.05, 0) is 43.3 Å². The van der Waals surface area contributed by atoms with E-state index in [-0.39, 0.29) is 23.7 Å². The molecule has 24 heavy (non-hydrogen) atoms. The molecule has 0 atom stereocenters. The summed E-state index contributed by atoms with van der Waals surface area (Å²) < 4.78 is 0.891. The Morgan fingerprint density at radius 2 is 1.83 bits per heavy atom. The van der Waals surface area contributed by atoms with Crippen molar-refractivity contribution in [1.29, 1.82) is 0 Å². The van der Waals surface area contributed by atoms with E-state index in [0.717, 1.165) is 4.47 Å². The second kappa shape index (κ2) is 7.69. The zero-order valence-electron chi connectivity index (χ0n) is 12.7. The number of nitro benzene ring substituents is 1. The number of anilines is 1. The molecule has 2 aromatic rings. The van der Waals surface area contributed by atoms with Gasteiger partial charge in [0.05, 0.1) is 11.5 Å². The van der Waals surface area contributed by atoms with Gasteiger partial charge in [0, 0.05) is 27.4 Å². The molecule has 0 aliphatic heterocycles. The minimum absolute atomic E-state index is 0.0560. The minimum Gasteiger partial charge on any atom is -0.343 e. The lowest BCUT2D eigenvalue weighted by molar-refractivity contribution is -0.385. The summed E-state index contributed by atoms with van der Waals surface area (Å²) in [5.74, 6) is -0.844. The number of hydrogen-bond acceptors (Lipinski definition) is 4. The van der Waals surface area contributed by atoms with Crippen LogP contribution in [0.3, 0.4) is 0 Å². The fraction of sp³-hybridized carbons (Fsp3) is 0.125. The monoisotopic (exact) mass is 391 g/mol. The summed E-state index contributed by atoms with van der Waals surface area (Å²) in [6.45, 7) is 1.35. The lowest BCUT2D eigenvalue weighted by Crippen LogP contribution is -2.32. The van der Waals surface area contributed by atoms with E-state index in [2.05, 4.69) is 26.6 Å². The number of hydrogen-bond donors (Lipinski definition) is 2. The highest BCUT2D eigenvalue weighted by atomic mass is 79.9. The number of halogens is 1. The highest BCUT2D eigenvalue weighted by Crippen LogP contribution is 2.18. The van der Waals surface area contributed by atoms with Crippen molar-refractivity contribution in [2.45, 2.75) is 6.92 Å². The van der Waals surface area contributed by atoms with Crippen LogP contribution in [-0.4, -0.2) is 23.3 Å². The Morgan fingerprint density at radius 3 is 2.42 bits per heavy atom. The van der Waals surface area contributed by atoms with Crippen molar-refractivity contribution in [3.8, 4) is 0 Å². The Kier molecular flexibility index (Phi) is 5.64. The Hall–Kier alpha value is -2.74. The molecule has 124 valence electrons. The summed E-state index contributed by atoms with van der Waals surface area (Å²) in [7, 11) is 0. The van der Waals surface area contributed by atoms with Gasteiger partial charge in [0.25, 0.3) is 11.6 Å². The molecule has 0 saturated heterocycles. The van der Waals surface area contributed by atoms with Gasteiger partial charge in [0.15, 0.2) is 0 Å². The largest absolute Gasteiger partial charge is 0.343 e. The Balaban J connectivity index is 1.92. The first-order chi connectivity index (χ1) is 11.4. The Bertz CT molecular complexity index is 790. The lowest BCUT2D eigenvalue weighted by Gasteiger charge is -2.08.